The first kappa shape index (κ1) is 15.1. The van der Waals surface area contributed by atoms with E-state index in [1.807, 2.05) is 5.37 Å². The normalized spacial score (nSPS) is 11.9. The lowest BCUT2D eigenvalue weighted by Gasteiger charge is -2.13. The lowest BCUT2D eigenvalue weighted by atomic mass is 10.0. The molecule has 0 amide bonds. The zero-order valence-electron chi connectivity index (χ0n) is 12.0. The molecule has 2 aromatic rings. The molecule has 0 aliphatic heterocycles. The second kappa shape index (κ2) is 6.91. The molecule has 1 nitrogen and oxygen atoms in total. The second-order valence-corrected chi connectivity index (χ2v) is 6.09. The Hall–Kier alpha value is -1.32. The highest BCUT2D eigenvalue weighted by molar-refractivity contribution is 8.00. The number of benzene rings is 2. The Morgan fingerprint density at radius 2 is 1.85 bits per heavy atom. The van der Waals surface area contributed by atoms with Gasteiger partial charge in [-0.05, 0) is 60.0 Å². The molecule has 3 heteroatoms. The molecule has 2 aromatic carbocycles. The standard InChI is InChI=1S/C17H19NS2/c1-12-6-4-5-7-17(12)20-18-16-9-8-15(10-13(16)2)14(3)11-19/h4-11,14,18H,1-3H3. The van der Waals surface area contributed by atoms with Crippen LogP contribution in [0.4, 0.5) is 5.69 Å². The lowest BCUT2D eigenvalue weighted by molar-refractivity contribution is 1.06. The number of thiocarbonyl (C=S) groups is 1. The minimum absolute atomic E-state index is 0.321. The van der Waals surface area contributed by atoms with Crippen molar-refractivity contribution in [3.8, 4) is 0 Å². The average molecular weight is 301 g/mol. The van der Waals surface area contributed by atoms with Gasteiger partial charge in [0.15, 0.2) is 0 Å². The van der Waals surface area contributed by atoms with Gasteiger partial charge in [-0.25, -0.2) is 0 Å². The van der Waals surface area contributed by atoms with Gasteiger partial charge < -0.3 is 4.72 Å². The third kappa shape index (κ3) is 3.62. The summed E-state index contributed by atoms with van der Waals surface area (Å²) >= 11 is 6.67. The number of hydrogen-bond donors (Lipinski definition) is 1. The number of rotatable bonds is 5. The number of nitrogens with one attached hydrogen (secondary N) is 1. The number of anilines is 1. The van der Waals surface area contributed by atoms with E-state index in [-0.39, 0.29) is 0 Å². The Morgan fingerprint density at radius 1 is 1.10 bits per heavy atom. The molecule has 1 atom stereocenters. The largest absolute Gasteiger partial charge is 0.325 e. The fourth-order valence-electron chi connectivity index (χ4n) is 1.94. The monoisotopic (exact) mass is 301 g/mol. The smallest absolute Gasteiger partial charge is 0.0472 e. The summed E-state index contributed by atoms with van der Waals surface area (Å²) in [7, 11) is 0. The van der Waals surface area contributed by atoms with Crippen molar-refractivity contribution in [3.05, 3.63) is 59.2 Å². The van der Waals surface area contributed by atoms with Crippen molar-refractivity contribution in [3.63, 3.8) is 0 Å². The molecule has 0 bridgehead atoms. The summed E-state index contributed by atoms with van der Waals surface area (Å²) in [6, 6.07) is 14.9. The highest BCUT2D eigenvalue weighted by atomic mass is 32.2. The SMILES string of the molecule is Cc1cc(C(C)C=S)ccc1NSc1ccccc1C. The maximum atomic E-state index is 5.02. The van der Waals surface area contributed by atoms with Gasteiger partial charge >= 0.3 is 0 Å². The van der Waals surface area contributed by atoms with Crippen LogP contribution in [0, 0.1) is 13.8 Å². The molecule has 0 saturated heterocycles. The van der Waals surface area contributed by atoms with Crippen LogP contribution in [0.15, 0.2) is 47.4 Å². The van der Waals surface area contributed by atoms with E-state index in [1.165, 1.54) is 21.6 Å². The first-order valence-corrected chi connectivity index (χ1v) is 7.95. The van der Waals surface area contributed by atoms with E-state index < -0.39 is 0 Å². The van der Waals surface area contributed by atoms with E-state index in [1.54, 1.807) is 11.9 Å². The van der Waals surface area contributed by atoms with Gasteiger partial charge in [0.1, 0.15) is 0 Å². The molecule has 0 heterocycles. The Morgan fingerprint density at radius 3 is 2.50 bits per heavy atom. The van der Waals surface area contributed by atoms with Crippen LogP contribution in [0.3, 0.4) is 0 Å². The Balaban J connectivity index is 2.11. The fourth-order valence-corrected chi connectivity index (χ4v) is 2.93. The molecule has 2 rings (SSSR count). The summed E-state index contributed by atoms with van der Waals surface area (Å²) in [6.07, 6.45) is 0. The van der Waals surface area contributed by atoms with E-state index in [9.17, 15) is 0 Å². The topological polar surface area (TPSA) is 12.0 Å². The van der Waals surface area contributed by atoms with Crippen LogP contribution in [0.2, 0.25) is 0 Å². The van der Waals surface area contributed by atoms with Crippen molar-refractivity contribution < 1.29 is 0 Å². The van der Waals surface area contributed by atoms with Crippen LogP contribution >= 0.6 is 24.2 Å². The van der Waals surface area contributed by atoms with Gasteiger partial charge in [-0.3, -0.25) is 0 Å². The van der Waals surface area contributed by atoms with Crippen molar-refractivity contribution in [1.82, 2.24) is 0 Å². The van der Waals surface area contributed by atoms with Gasteiger partial charge in [-0.1, -0.05) is 49.5 Å². The van der Waals surface area contributed by atoms with Gasteiger partial charge in [-0.15, -0.1) is 0 Å². The molecule has 1 N–H and O–H groups in total. The summed E-state index contributed by atoms with van der Waals surface area (Å²) < 4.78 is 3.43. The van der Waals surface area contributed by atoms with Crippen molar-refractivity contribution in [1.29, 1.82) is 0 Å². The minimum Gasteiger partial charge on any atom is -0.325 e. The zero-order valence-corrected chi connectivity index (χ0v) is 13.6. The molecule has 0 radical (unpaired) electrons. The van der Waals surface area contributed by atoms with Crippen LogP contribution in [0.5, 0.6) is 0 Å². The van der Waals surface area contributed by atoms with Gasteiger partial charge in [0.05, 0.1) is 0 Å². The van der Waals surface area contributed by atoms with E-state index >= 15 is 0 Å². The van der Waals surface area contributed by atoms with Crippen LogP contribution < -0.4 is 4.72 Å². The average Bonchev–Trinajstić information content (AvgIpc) is 2.46. The molecular formula is C17H19NS2. The fraction of sp³-hybridized carbons (Fsp3) is 0.235. The highest BCUT2D eigenvalue weighted by Crippen LogP contribution is 2.27. The molecule has 1 unspecified atom stereocenters. The van der Waals surface area contributed by atoms with Crippen molar-refractivity contribution in [2.75, 3.05) is 4.72 Å². The Kier molecular flexibility index (Phi) is 5.21. The van der Waals surface area contributed by atoms with E-state index in [4.69, 9.17) is 12.2 Å². The van der Waals surface area contributed by atoms with E-state index in [0.29, 0.717) is 5.92 Å². The molecule has 104 valence electrons. The summed E-state index contributed by atoms with van der Waals surface area (Å²) in [5.74, 6) is 0.321. The molecule has 0 aliphatic rings. The number of hydrogen-bond acceptors (Lipinski definition) is 3. The third-order valence-corrected chi connectivity index (χ3v) is 4.75. The van der Waals surface area contributed by atoms with Crippen molar-refractivity contribution >= 4 is 35.2 Å². The highest BCUT2D eigenvalue weighted by Gasteiger charge is 2.05. The minimum atomic E-state index is 0.321. The second-order valence-electron chi connectivity index (χ2n) is 4.97. The molecular weight excluding hydrogens is 282 g/mol. The van der Waals surface area contributed by atoms with E-state index in [0.717, 1.165) is 5.69 Å². The zero-order chi connectivity index (χ0) is 14.5. The first-order valence-electron chi connectivity index (χ1n) is 6.66. The van der Waals surface area contributed by atoms with Crippen molar-refractivity contribution in [2.24, 2.45) is 0 Å². The predicted octanol–water partition coefficient (Wildman–Crippen LogP) is 5.53. The maximum absolute atomic E-state index is 5.02. The lowest BCUT2D eigenvalue weighted by Crippen LogP contribution is -1.96. The molecule has 0 aliphatic carbocycles. The van der Waals surface area contributed by atoms with E-state index in [2.05, 4.69) is 68.0 Å². The molecule has 0 fully saturated rings. The van der Waals surface area contributed by atoms with Crippen LogP contribution in [-0.4, -0.2) is 5.37 Å². The summed E-state index contributed by atoms with van der Waals surface area (Å²) in [5.41, 5.74) is 4.95. The van der Waals surface area contributed by atoms with Crippen LogP contribution in [0.1, 0.15) is 29.5 Å². The Bertz CT molecular complexity index is 608. The van der Waals surface area contributed by atoms with Gasteiger partial charge in [-0.2, -0.15) is 0 Å². The summed E-state index contributed by atoms with van der Waals surface area (Å²) in [4.78, 5) is 1.25. The predicted molar refractivity (Wildman–Crippen MR) is 93.9 cm³/mol. The number of aryl methyl sites for hydroxylation is 2. The maximum Gasteiger partial charge on any atom is 0.0472 e. The van der Waals surface area contributed by atoms with Gasteiger partial charge in [0, 0.05) is 16.5 Å². The Labute approximate surface area is 130 Å². The van der Waals surface area contributed by atoms with Crippen LogP contribution in [0.25, 0.3) is 0 Å². The molecule has 20 heavy (non-hydrogen) atoms. The van der Waals surface area contributed by atoms with Gasteiger partial charge in [0.2, 0.25) is 0 Å². The third-order valence-electron chi connectivity index (χ3n) is 3.34. The summed E-state index contributed by atoms with van der Waals surface area (Å²) in [6.45, 7) is 6.37. The quantitative estimate of drug-likeness (QED) is 0.576. The molecule has 0 aromatic heterocycles. The first-order chi connectivity index (χ1) is 9.61. The summed E-state index contributed by atoms with van der Waals surface area (Å²) in [5, 5.41) is 1.81. The molecule has 0 spiro atoms. The van der Waals surface area contributed by atoms with Crippen LogP contribution in [-0.2, 0) is 0 Å². The molecule has 0 saturated carbocycles. The van der Waals surface area contributed by atoms with Gasteiger partial charge in [0.25, 0.3) is 0 Å². The van der Waals surface area contributed by atoms with Crippen molar-refractivity contribution in [2.45, 2.75) is 31.6 Å².